The van der Waals surface area contributed by atoms with Gasteiger partial charge < -0.3 is 9.73 Å². The summed E-state index contributed by atoms with van der Waals surface area (Å²) < 4.78 is 5.53. The Morgan fingerprint density at radius 2 is 1.96 bits per heavy atom. The summed E-state index contributed by atoms with van der Waals surface area (Å²) in [5, 5.41) is 2.68. The third kappa shape index (κ3) is 3.87. The molecule has 0 radical (unpaired) electrons. The van der Waals surface area contributed by atoms with Gasteiger partial charge in [0.15, 0.2) is 0 Å². The number of rotatable bonds is 6. The Morgan fingerprint density at radius 1 is 1.24 bits per heavy atom. The summed E-state index contributed by atoms with van der Waals surface area (Å²) in [5.74, 6) is 1.75. The summed E-state index contributed by atoms with van der Waals surface area (Å²) in [4.78, 5) is 29.7. The van der Waals surface area contributed by atoms with Gasteiger partial charge in [-0.05, 0) is 32.9 Å². The molecular formula is C18H21N3O3S. The van der Waals surface area contributed by atoms with Gasteiger partial charge in [-0.3, -0.25) is 9.69 Å². The number of hydrogen-bond acceptors (Lipinski definition) is 5. The minimum atomic E-state index is -0.809. The number of nitrogens with zero attached hydrogens (tertiary/aromatic N) is 2. The first-order chi connectivity index (χ1) is 11.9. The number of aromatic nitrogens is 1. The van der Waals surface area contributed by atoms with Crippen LogP contribution in [0.4, 0.5) is 4.79 Å². The summed E-state index contributed by atoms with van der Waals surface area (Å²) in [6, 6.07) is 7.69. The predicted molar refractivity (Wildman–Crippen MR) is 97.2 cm³/mol. The molecule has 1 fully saturated rings. The monoisotopic (exact) mass is 359 g/mol. The van der Waals surface area contributed by atoms with Crippen LogP contribution in [0, 0.1) is 6.92 Å². The molecule has 3 amide bonds. The van der Waals surface area contributed by atoms with Crippen LogP contribution in [0.3, 0.4) is 0 Å². The van der Waals surface area contributed by atoms with Crippen LogP contribution in [0.25, 0.3) is 11.5 Å². The maximum absolute atomic E-state index is 12.1. The van der Waals surface area contributed by atoms with Crippen LogP contribution in [0.5, 0.6) is 0 Å². The third-order valence-corrected chi connectivity index (χ3v) is 4.97. The van der Waals surface area contributed by atoms with Crippen LogP contribution in [-0.4, -0.2) is 39.7 Å². The number of carbonyl (C=O) groups is 2. The number of imide groups is 1. The second kappa shape index (κ2) is 6.92. The molecule has 0 spiro atoms. The van der Waals surface area contributed by atoms with Crippen LogP contribution >= 0.6 is 11.8 Å². The third-order valence-electron chi connectivity index (χ3n) is 4.00. The quantitative estimate of drug-likeness (QED) is 0.633. The van der Waals surface area contributed by atoms with Gasteiger partial charge in [-0.15, -0.1) is 0 Å². The van der Waals surface area contributed by atoms with Gasteiger partial charge in [0, 0.05) is 23.6 Å². The smallest absolute Gasteiger partial charge is 0.325 e. The highest BCUT2D eigenvalue weighted by molar-refractivity contribution is 7.98. The van der Waals surface area contributed by atoms with Gasteiger partial charge in [0.05, 0.1) is 5.69 Å². The number of hydrogen-bond donors (Lipinski definition) is 1. The molecule has 2 heterocycles. The van der Waals surface area contributed by atoms with Gasteiger partial charge >= 0.3 is 6.03 Å². The Bertz CT molecular complexity index is 783. The highest BCUT2D eigenvalue weighted by Gasteiger charge is 2.43. The largest absolute Gasteiger partial charge is 0.444 e. The lowest BCUT2D eigenvalue weighted by Gasteiger charge is -2.15. The van der Waals surface area contributed by atoms with Gasteiger partial charge in [-0.2, -0.15) is 11.8 Å². The first-order valence-corrected chi connectivity index (χ1v) is 9.25. The molecule has 1 aromatic heterocycles. The summed E-state index contributed by atoms with van der Waals surface area (Å²) in [6.45, 7) is 5.85. The molecule has 0 aliphatic carbocycles. The lowest BCUT2D eigenvalue weighted by Crippen LogP contribution is -2.40. The van der Waals surface area contributed by atoms with Crippen LogP contribution in [0.15, 0.2) is 34.9 Å². The molecule has 1 saturated heterocycles. The number of aryl methyl sites for hydroxylation is 1. The van der Waals surface area contributed by atoms with Crippen molar-refractivity contribution in [3.8, 4) is 11.5 Å². The molecular weight excluding hydrogens is 338 g/mol. The van der Waals surface area contributed by atoms with Crippen LogP contribution in [-0.2, 0) is 10.5 Å². The number of amides is 3. The Kier molecular flexibility index (Phi) is 4.85. The molecule has 0 atom stereocenters. The van der Waals surface area contributed by atoms with Gasteiger partial charge in [-0.25, -0.2) is 9.78 Å². The van der Waals surface area contributed by atoms with Crippen molar-refractivity contribution in [1.29, 1.82) is 0 Å². The van der Waals surface area contributed by atoms with E-state index in [2.05, 4.69) is 10.3 Å². The van der Waals surface area contributed by atoms with E-state index in [9.17, 15) is 9.59 Å². The maximum atomic E-state index is 12.1. The fraction of sp³-hybridized carbons (Fsp3) is 0.389. The lowest BCUT2D eigenvalue weighted by atomic mass is 10.1. The number of oxazole rings is 1. The van der Waals surface area contributed by atoms with E-state index in [4.69, 9.17) is 4.42 Å². The topological polar surface area (TPSA) is 75.4 Å². The molecule has 6 nitrogen and oxygen atoms in total. The van der Waals surface area contributed by atoms with Crippen molar-refractivity contribution in [2.24, 2.45) is 0 Å². The molecule has 1 aromatic carbocycles. The zero-order chi connectivity index (χ0) is 18.0. The van der Waals surface area contributed by atoms with Crippen molar-refractivity contribution in [3.05, 3.63) is 41.8 Å². The van der Waals surface area contributed by atoms with E-state index < -0.39 is 5.54 Å². The lowest BCUT2D eigenvalue weighted by molar-refractivity contribution is -0.130. The van der Waals surface area contributed by atoms with Crippen molar-refractivity contribution in [2.75, 3.05) is 12.3 Å². The average molecular weight is 359 g/mol. The molecule has 25 heavy (non-hydrogen) atoms. The Morgan fingerprint density at radius 3 is 2.60 bits per heavy atom. The maximum Gasteiger partial charge on any atom is 0.325 e. The summed E-state index contributed by atoms with van der Waals surface area (Å²) >= 11 is 1.61. The number of benzene rings is 1. The van der Waals surface area contributed by atoms with Crippen molar-refractivity contribution in [1.82, 2.24) is 15.2 Å². The van der Waals surface area contributed by atoms with E-state index in [0.717, 1.165) is 11.3 Å². The van der Waals surface area contributed by atoms with Crippen molar-refractivity contribution in [3.63, 3.8) is 0 Å². The summed E-state index contributed by atoms with van der Waals surface area (Å²) in [7, 11) is 0. The van der Waals surface area contributed by atoms with Gasteiger partial charge in [-0.1, -0.05) is 17.7 Å². The number of nitrogens with one attached hydrogen (secondary N) is 1. The second-order valence-electron chi connectivity index (χ2n) is 6.57. The molecule has 1 aliphatic heterocycles. The van der Waals surface area contributed by atoms with E-state index in [0.29, 0.717) is 23.9 Å². The first kappa shape index (κ1) is 17.5. The summed E-state index contributed by atoms with van der Waals surface area (Å²) in [6.07, 6.45) is 1.65. The Balaban J connectivity index is 1.49. The standard InChI is InChI=1S/C18H21N3O3S/c1-12-4-6-13(7-5-12)15-19-14(10-24-15)11-25-9-8-21-16(22)18(2,3)20-17(21)23/h4-7,10H,8-9,11H2,1-3H3,(H,20,23). The highest BCUT2D eigenvalue weighted by Crippen LogP contribution is 2.22. The fourth-order valence-corrected chi connectivity index (χ4v) is 3.35. The van der Waals surface area contributed by atoms with E-state index in [1.807, 2.05) is 31.2 Å². The number of thioether (sulfide) groups is 1. The normalized spacial score (nSPS) is 16.4. The molecule has 3 rings (SSSR count). The van der Waals surface area contributed by atoms with E-state index in [1.54, 1.807) is 31.9 Å². The average Bonchev–Trinajstić information content (AvgIpc) is 3.10. The molecule has 0 saturated carbocycles. The van der Waals surface area contributed by atoms with Crippen LogP contribution in [0.2, 0.25) is 0 Å². The zero-order valence-electron chi connectivity index (χ0n) is 14.5. The van der Waals surface area contributed by atoms with Gasteiger partial charge in [0.1, 0.15) is 11.8 Å². The minimum absolute atomic E-state index is 0.179. The fourth-order valence-electron chi connectivity index (χ4n) is 2.56. The van der Waals surface area contributed by atoms with Gasteiger partial charge in [0.2, 0.25) is 5.89 Å². The molecule has 132 valence electrons. The molecule has 0 unspecified atom stereocenters. The van der Waals surface area contributed by atoms with Crippen LogP contribution < -0.4 is 5.32 Å². The molecule has 0 bridgehead atoms. The summed E-state index contributed by atoms with van der Waals surface area (Å²) in [5.41, 5.74) is 2.17. The molecule has 7 heteroatoms. The van der Waals surface area contributed by atoms with Gasteiger partial charge in [0.25, 0.3) is 5.91 Å². The SMILES string of the molecule is Cc1ccc(-c2nc(CSCCN3C(=O)NC(C)(C)C3=O)co2)cc1. The molecule has 1 aliphatic rings. The van der Waals surface area contributed by atoms with E-state index in [-0.39, 0.29) is 11.9 Å². The van der Waals surface area contributed by atoms with Crippen molar-refractivity contribution in [2.45, 2.75) is 32.1 Å². The number of carbonyl (C=O) groups excluding carboxylic acids is 2. The highest BCUT2D eigenvalue weighted by atomic mass is 32.2. The number of urea groups is 1. The Labute approximate surface area is 151 Å². The zero-order valence-corrected chi connectivity index (χ0v) is 15.4. The van der Waals surface area contributed by atoms with Crippen molar-refractivity contribution >= 4 is 23.7 Å². The predicted octanol–water partition coefficient (Wildman–Crippen LogP) is 3.21. The van der Waals surface area contributed by atoms with E-state index >= 15 is 0 Å². The second-order valence-corrected chi connectivity index (χ2v) is 7.68. The Hall–Kier alpha value is -2.28. The molecule has 2 aromatic rings. The minimum Gasteiger partial charge on any atom is -0.444 e. The van der Waals surface area contributed by atoms with Crippen LogP contribution in [0.1, 0.15) is 25.1 Å². The molecule has 1 N–H and O–H groups in total. The van der Waals surface area contributed by atoms with E-state index in [1.165, 1.54) is 10.5 Å². The first-order valence-electron chi connectivity index (χ1n) is 8.10. The van der Waals surface area contributed by atoms with Crippen molar-refractivity contribution < 1.29 is 14.0 Å².